The molecule has 0 amide bonds. The molecule has 1 atom stereocenters. The molecule has 0 spiro atoms. The van der Waals surface area contributed by atoms with Crippen molar-refractivity contribution in [3.63, 3.8) is 0 Å². The van der Waals surface area contributed by atoms with E-state index in [2.05, 4.69) is 63.2 Å². The maximum Gasteiger partial charge on any atom is 0.122 e. The zero-order valence-electron chi connectivity index (χ0n) is 12.7. The second-order valence-corrected chi connectivity index (χ2v) is 5.69. The zero-order chi connectivity index (χ0) is 14.5. The highest BCUT2D eigenvalue weighted by Crippen LogP contribution is 2.18. The van der Waals surface area contributed by atoms with Crippen LogP contribution in [0.4, 0.5) is 0 Å². The monoisotopic (exact) mass is 284 g/mol. The number of hydrogen-bond donors (Lipinski definition) is 1. The highest BCUT2D eigenvalue weighted by molar-refractivity contribution is 5.19. The van der Waals surface area contributed by atoms with E-state index < -0.39 is 0 Å². The molecular weight excluding hydrogens is 260 g/mol. The van der Waals surface area contributed by atoms with Gasteiger partial charge in [0.15, 0.2) is 0 Å². The Morgan fingerprint density at radius 1 is 1.24 bits per heavy atom. The second-order valence-electron chi connectivity index (χ2n) is 5.69. The molecular formula is C17H24N4. The highest BCUT2D eigenvalue weighted by atomic mass is 15.2. The molecule has 4 nitrogen and oxygen atoms in total. The summed E-state index contributed by atoms with van der Waals surface area (Å²) in [6, 6.07) is 11.2. The number of rotatable bonds is 6. The van der Waals surface area contributed by atoms with Gasteiger partial charge in [-0.2, -0.15) is 0 Å². The number of nitrogens with zero attached hydrogens (tertiary/aromatic N) is 3. The van der Waals surface area contributed by atoms with Gasteiger partial charge in [0.25, 0.3) is 0 Å². The Labute approximate surface area is 126 Å². The van der Waals surface area contributed by atoms with E-state index in [-0.39, 0.29) is 0 Å². The van der Waals surface area contributed by atoms with E-state index >= 15 is 0 Å². The Balaban J connectivity index is 1.67. The Kier molecular flexibility index (Phi) is 4.68. The van der Waals surface area contributed by atoms with Gasteiger partial charge in [0, 0.05) is 38.1 Å². The van der Waals surface area contributed by atoms with Crippen LogP contribution in [0.15, 0.2) is 42.7 Å². The molecule has 1 aromatic heterocycles. The number of imidazole rings is 1. The van der Waals surface area contributed by atoms with Gasteiger partial charge < -0.3 is 9.88 Å². The van der Waals surface area contributed by atoms with Gasteiger partial charge in [-0.25, -0.2) is 4.98 Å². The molecule has 1 unspecified atom stereocenters. The Morgan fingerprint density at radius 3 is 2.90 bits per heavy atom. The van der Waals surface area contributed by atoms with Crippen LogP contribution in [-0.4, -0.2) is 34.1 Å². The van der Waals surface area contributed by atoms with Crippen LogP contribution in [0.25, 0.3) is 0 Å². The molecule has 21 heavy (non-hydrogen) atoms. The topological polar surface area (TPSA) is 33.1 Å². The van der Waals surface area contributed by atoms with E-state index in [9.17, 15) is 0 Å². The van der Waals surface area contributed by atoms with E-state index in [0.29, 0.717) is 6.04 Å². The van der Waals surface area contributed by atoms with E-state index in [1.165, 1.54) is 11.4 Å². The van der Waals surface area contributed by atoms with Crippen molar-refractivity contribution >= 4 is 0 Å². The molecule has 1 N–H and O–H groups in total. The lowest BCUT2D eigenvalue weighted by atomic mass is 10.1. The summed E-state index contributed by atoms with van der Waals surface area (Å²) in [5.74, 6) is 1.18. The first kappa shape index (κ1) is 14.3. The molecule has 0 radical (unpaired) electrons. The molecule has 4 heteroatoms. The van der Waals surface area contributed by atoms with E-state index in [1.54, 1.807) is 0 Å². The van der Waals surface area contributed by atoms with Crippen molar-refractivity contribution in [2.24, 2.45) is 0 Å². The fraction of sp³-hybridized carbons (Fsp3) is 0.471. The summed E-state index contributed by atoms with van der Waals surface area (Å²) >= 11 is 0. The maximum absolute atomic E-state index is 4.45. The second kappa shape index (κ2) is 6.87. The zero-order valence-corrected chi connectivity index (χ0v) is 12.7. The van der Waals surface area contributed by atoms with Crippen molar-refractivity contribution in [3.05, 3.63) is 54.1 Å². The van der Waals surface area contributed by atoms with Crippen molar-refractivity contribution in [3.8, 4) is 0 Å². The van der Waals surface area contributed by atoms with Gasteiger partial charge in [0.05, 0.1) is 6.54 Å². The number of hydrogen-bond acceptors (Lipinski definition) is 3. The number of nitrogens with one attached hydrogen (secondary N) is 1. The van der Waals surface area contributed by atoms with Crippen LogP contribution in [0.5, 0.6) is 0 Å². The minimum atomic E-state index is 0.396. The molecule has 0 saturated heterocycles. The standard InChI is InChI=1S/C17H24N4/c1-2-8-18-16(15-6-4-3-5-7-15)13-20-11-12-21-10-9-19-17(21)14-20/h3-7,9-10,16,18H,2,8,11-14H2,1H3. The number of benzene rings is 1. The third-order valence-corrected chi connectivity index (χ3v) is 4.11. The van der Waals surface area contributed by atoms with Crippen LogP contribution in [0.1, 0.15) is 30.8 Å². The lowest BCUT2D eigenvalue weighted by Crippen LogP contribution is -2.40. The van der Waals surface area contributed by atoms with Gasteiger partial charge in [-0.05, 0) is 18.5 Å². The minimum absolute atomic E-state index is 0.396. The molecule has 0 saturated carbocycles. The molecule has 3 rings (SSSR count). The summed E-state index contributed by atoms with van der Waals surface area (Å²) in [5, 5.41) is 3.68. The summed E-state index contributed by atoms with van der Waals surface area (Å²) in [6.45, 7) is 7.40. The van der Waals surface area contributed by atoms with Crippen molar-refractivity contribution in [1.29, 1.82) is 0 Å². The van der Waals surface area contributed by atoms with Crippen LogP contribution in [0.2, 0.25) is 0 Å². The SMILES string of the molecule is CCCNC(CN1CCn2ccnc2C1)c1ccccc1. The Hall–Kier alpha value is -1.65. The van der Waals surface area contributed by atoms with Crippen molar-refractivity contribution in [1.82, 2.24) is 19.8 Å². The Bertz CT molecular complexity index is 549. The van der Waals surface area contributed by atoms with Gasteiger partial charge in [-0.1, -0.05) is 37.3 Å². The van der Waals surface area contributed by atoms with Gasteiger partial charge in [0.2, 0.25) is 0 Å². The lowest BCUT2D eigenvalue weighted by molar-refractivity contribution is 0.194. The maximum atomic E-state index is 4.45. The molecule has 2 heterocycles. The highest BCUT2D eigenvalue weighted by Gasteiger charge is 2.20. The average Bonchev–Trinajstić information content (AvgIpc) is 3.00. The first-order chi connectivity index (χ1) is 10.4. The van der Waals surface area contributed by atoms with Gasteiger partial charge in [-0.15, -0.1) is 0 Å². The third-order valence-electron chi connectivity index (χ3n) is 4.11. The largest absolute Gasteiger partial charge is 0.333 e. The van der Waals surface area contributed by atoms with Crippen LogP contribution >= 0.6 is 0 Å². The van der Waals surface area contributed by atoms with Crippen LogP contribution < -0.4 is 5.32 Å². The van der Waals surface area contributed by atoms with Gasteiger partial charge in [-0.3, -0.25) is 4.90 Å². The normalized spacial score (nSPS) is 16.6. The molecule has 1 aromatic carbocycles. The van der Waals surface area contributed by atoms with E-state index in [1.807, 2.05) is 6.20 Å². The quantitative estimate of drug-likeness (QED) is 0.884. The molecule has 1 aliphatic rings. The predicted octanol–water partition coefficient (Wildman–Crippen LogP) is 2.44. The van der Waals surface area contributed by atoms with Crippen LogP contribution in [-0.2, 0) is 13.1 Å². The number of fused-ring (bicyclic) bond motifs is 1. The van der Waals surface area contributed by atoms with Crippen LogP contribution in [0, 0.1) is 0 Å². The summed E-state index contributed by atoms with van der Waals surface area (Å²) in [6.07, 6.45) is 5.15. The van der Waals surface area contributed by atoms with Crippen molar-refractivity contribution < 1.29 is 0 Å². The first-order valence-corrected chi connectivity index (χ1v) is 7.87. The fourth-order valence-electron chi connectivity index (χ4n) is 2.93. The summed E-state index contributed by atoms with van der Waals surface area (Å²) in [5.41, 5.74) is 1.37. The molecule has 0 bridgehead atoms. The molecule has 1 aliphatic heterocycles. The minimum Gasteiger partial charge on any atom is -0.333 e. The smallest absolute Gasteiger partial charge is 0.122 e. The molecule has 112 valence electrons. The van der Waals surface area contributed by atoms with Crippen LogP contribution in [0.3, 0.4) is 0 Å². The fourth-order valence-corrected chi connectivity index (χ4v) is 2.93. The molecule has 2 aromatic rings. The number of aromatic nitrogens is 2. The van der Waals surface area contributed by atoms with E-state index in [0.717, 1.165) is 39.1 Å². The average molecular weight is 284 g/mol. The summed E-state index contributed by atoms with van der Waals surface area (Å²) < 4.78 is 2.26. The first-order valence-electron chi connectivity index (χ1n) is 7.87. The molecule has 0 aliphatic carbocycles. The van der Waals surface area contributed by atoms with Gasteiger partial charge in [0.1, 0.15) is 5.82 Å². The molecule has 0 fully saturated rings. The lowest BCUT2D eigenvalue weighted by Gasteiger charge is -2.31. The predicted molar refractivity (Wildman–Crippen MR) is 85.0 cm³/mol. The van der Waals surface area contributed by atoms with Crippen molar-refractivity contribution in [2.45, 2.75) is 32.5 Å². The summed E-state index contributed by atoms with van der Waals surface area (Å²) in [7, 11) is 0. The van der Waals surface area contributed by atoms with Crippen molar-refractivity contribution in [2.75, 3.05) is 19.6 Å². The van der Waals surface area contributed by atoms with Gasteiger partial charge >= 0.3 is 0 Å². The summed E-state index contributed by atoms with van der Waals surface area (Å²) in [4.78, 5) is 6.95. The Morgan fingerprint density at radius 2 is 2.10 bits per heavy atom. The third kappa shape index (κ3) is 3.52. The van der Waals surface area contributed by atoms with E-state index in [4.69, 9.17) is 0 Å².